The number of aromatic nitrogens is 1. The molecule has 0 saturated heterocycles. The van der Waals surface area contributed by atoms with Gasteiger partial charge in [-0.05, 0) is 47.9 Å². The molecule has 1 heterocycles. The molecule has 10 heteroatoms. The van der Waals surface area contributed by atoms with E-state index in [9.17, 15) is 13.2 Å². The molecule has 192 valence electrons. The van der Waals surface area contributed by atoms with Gasteiger partial charge < -0.3 is 9.47 Å². The van der Waals surface area contributed by atoms with Crippen molar-refractivity contribution in [1.29, 1.82) is 0 Å². The molecule has 1 amide bonds. The molecule has 0 aliphatic heterocycles. The second kappa shape index (κ2) is 12.5. The van der Waals surface area contributed by atoms with Crippen molar-refractivity contribution in [1.82, 2.24) is 14.8 Å². The Bertz CT molecular complexity index is 1230. The molecule has 0 bridgehead atoms. The Morgan fingerprint density at radius 1 is 1.00 bits per heavy atom. The number of amides is 1. The SMILES string of the molecule is COc1ccc(S(=O)(=O)N(Cc2cccnc2)C(C(=O)NOCc2ccccc2OC)C(C)C)cc1. The van der Waals surface area contributed by atoms with Gasteiger partial charge in [0.25, 0.3) is 5.91 Å². The number of carbonyl (C=O) groups is 1. The van der Waals surface area contributed by atoms with Crippen molar-refractivity contribution in [2.24, 2.45) is 5.92 Å². The van der Waals surface area contributed by atoms with E-state index in [-0.39, 0.29) is 24.0 Å². The Morgan fingerprint density at radius 2 is 1.72 bits per heavy atom. The molecule has 2 aromatic carbocycles. The normalized spacial score (nSPS) is 12.4. The van der Waals surface area contributed by atoms with Crippen LogP contribution in [0.2, 0.25) is 0 Å². The Hall–Kier alpha value is -3.47. The predicted molar refractivity (Wildman–Crippen MR) is 135 cm³/mol. The summed E-state index contributed by atoms with van der Waals surface area (Å²) in [4.78, 5) is 22.9. The topological polar surface area (TPSA) is 107 Å². The maximum Gasteiger partial charge on any atom is 0.262 e. The number of carbonyl (C=O) groups excluding carboxylic acids is 1. The summed E-state index contributed by atoms with van der Waals surface area (Å²) in [5, 5.41) is 0. The average Bonchev–Trinajstić information content (AvgIpc) is 2.89. The molecule has 0 aliphatic carbocycles. The summed E-state index contributed by atoms with van der Waals surface area (Å²) >= 11 is 0. The van der Waals surface area contributed by atoms with Crippen LogP contribution in [0.3, 0.4) is 0 Å². The fourth-order valence-electron chi connectivity index (χ4n) is 3.72. The monoisotopic (exact) mass is 513 g/mol. The first kappa shape index (κ1) is 27.1. The lowest BCUT2D eigenvalue weighted by molar-refractivity contribution is -0.140. The number of hydrogen-bond acceptors (Lipinski definition) is 7. The van der Waals surface area contributed by atoms with Crippen molar-refractivity contribution in [3.63, 3.8) is 0 Å². The van der Waals surface area contributed by atoms with E-state index >= 15 is 0 Å². The second-order valence-corrected chi connectivity index (χ2v) is 10.2. The molecule has 0 fully saturated rings. The molecule has 9 nitrogen and oxygen atoms in total. The van der Waals surface area contributed by atoms with E-state index in [2.05, 4.69) is 10.5 Å². The Kier molecular flexibility index (Phi) is 9.40. The quantitative estimate of drug-likeness (QED) is 0.369. The molecule has 0 spiro atoms. The largest absolute Gasteiger partial charge is 0.497 e. The number of methoxy groups -OCH3 is 2. The van der Waals surface area contributed by atoms with Crippen molar-refractivity contribution in [2.45, 2.75) is 37.9 Å². The fourth-order valence-corrected chi connectivity index (χ4v) is 5.43. The second-order valence-electron chi connectivity index (χ2n) is 8.34. The van der Waals surface area contributed by atoms with E-state index < -0.39 is 22.0 Å². The van der Waals surface area contributed by atoms with Crippen LogP contribution in [0.4, 0.5) is 0 Å². The number of pyridine rings is 1. The standard InChI is InChI=1S/C26H31N3O6S/c1-19(2)25(26(30)28-35-18-21-9-5-6-10-24(21)34-4)29(17-20-8-7-15-27-16-20)36(31,32)23-13-11-22(33-3)12-14-23/h5-16,19,25H,17-18H2,1-4H3,(H,28,30). The van der Waals surface area contributed by atoms with Crippen LogP contribution < -0.4 is 15.0 Å². The van der Waals surface area contributed by atoms with Crippen LogP contribution in [-0.4, -0.2) is 43.9 Å². The highest BCUT2D eigenvalue weighted by Crippen LogP contribution is 2.26. The van der Waals surface area contributed by atoms with E-state index in [1.807, 2.05) is 18.2 Å². The zero-order valence-electron chi connectivity index (χ0n) is 20.7. The van der Waals surface area contributed by atoms with E-state index in [0.717, 1.165) is 5.56 Å². The Morgan fingerprint density at radius 3 is 2.33 bits per heavy atom. The van der Waals surface area contributed by atoms with Gasteiger partial charge >= 0.3 is 0 Å². The van der Waals surface area contributed by atoms with Gasteiger partial charge in [-0.1, -0.05) is 38.1 Å². The van der Waals surface area contributed by atoms with Gasteiger partial charge in [0.05, 0.1) is 19.1 Å². The minimum absolute atomic E-state index is 0.0422. The molecule has 0 radical (unpaired) electrons. The van der Waals surface area contributed by atoms with Crippen molar-refractivity contribution < 1.29 is 27.5 Å². The van der Waals surface area contributed by atoms with Crippen LogP contribution in [-0.2, 0) is 32.8 Å². The highest BCUT2D eigenvalue weighted by molar-refractivity contribution is 7.89. The molecule has 1 atom stereocenters. The number of nitrogens with one attached hydrogen (secondary N) is 1. The molecule has 1 N–H and O–H groups in total. The van der Waals surface area contributed by atoms with Gasteiger partial charge in [0.15, 0.2) is 0 Å². The van der Waals surface area contributed by atoms with Crippen LogP contribution in [0.5, 0.6) is 11.5 Å². The lowest BCUT2D eigenvalue weighted by Crippen LogP contribution is -2.51. The predicted octanol–water partition coefficient (Wildman–Crippen LogP) is 3.56. The summed E-state index contributed by atoms with van der Waals surface area (Å²) in [5.41, 5.74) is 3.81. The van der Waals surface area contributed by atoms with Gasteiger partial charge in [0.1, 0.15) is 24.1 Å². The number of rotatable bonds is 12. The maximum atomic E-state index is 13.8. The minimum atomic E-state index is -4.09. The minimum Gasteiger partial charge on any atom is -0.497 e. The lowest BCUT2D eigenvalue weighted by Gasteiger charge is -2.32. The molecular weight excluding hydrogens is 482 g/mol. The number of ether oxygens (including phenoxy) is 2. The van der Waals surface area contributed by atoms with Gasteiger partial charge in [-0.25, -0.2) is 13.9 Å². The third-order valence-electron chi connectivity index (χ3n) is 5.53. The molecule has 36 heavy (non-hydrogen) atoms. The summed E-state index contributed by atoms with van der Waals surface area (Å²) in [6.45, 7) is 3.56. The van der Waals surface area contributed by atoms with Gasteiger partial charge in [-0.3, -0.25) is 14.6 Å². The van der Waals surface area contributed by atoms with Gasteiger partial charge in [0, 0.05) is 24.5 Å². The number of benzene rings is 2. The Labute approximate surface area is 212 Å². The van der Waals surface area contributed by atoms with E-state index in [1.54, 1.807) is 63.7 Å². The van der Waals surface area contributed by atoms with Crippen LogP contribution in [0, 0.1) is 5.92 Å². The molecule has 3 rings (SSSR count). The van der Waals surface area contributed by atoms with Crippen molar-refractivity contribution >= 4 is 15.9 Å². The third-order valence-corrected chi connectivity index (χ3v) is 7.37. The van der Waals surface area contributed by atoms with E-state index in [4.69, 9.17) is 14.3 Å². The van der Waals surface area contributed by atoms with Crippen LogP contribution in [0.1, 0.15) is 25.0 Å². The van der Waals surface area contributed by atoms with Crippen LogP contribution in [0.15, 0.2) is 78.0 Å². The third kappa shape index (κ3) is 6.60. The number of hydroxylamine groups is 1. The van der Waals surface area contributed by atoms with Crippen molar-refractivity contribution in [3.8, 4) is 11.5 Å². The van der Waals surface area contributed by atoms with Crippen molar-refractivity contribution in [2.75, 3.05) is 14.2 Å². The molecular formula is C26H31N3O6S. The van der Waals surface area contributed by atoms with E-state index in [0.29, 0.717) is 17.1 Å². The van der Waals surface area contributed by atoms with Crippen LogP contribution >= 0.6 is 0 Å². The van der Waals surface area contributed by atoms with Gasteiger partial charge in [-0.15, -0.1) is 0 Å². The molecule has 1 unspecified atom stereocenters. The number of nitrogens with zero attached hydrogens (tertiary/aromatic N) is 2. The number of hydrogen-bond donors (Lipinski definition) is 1. The Balaban J connectivity index is 1.89. The highest BCUT2D eigenvalue weighted by Gasteiger charge is 2.38. The summed E-state index contributed by atoms with van der Waals surface area (Å²) in [7, 11) is -1.04. The molecule has 0 saturated carbocycles. The number of para-hydroxylation sites is 1. The zero-order chi connectivity index (χ0) is 26.1. The zero-order valence-corrected chi connectivity index (χ0v) is 21.6. The molecule has 0 aliphatic rings. The summed E-state index contributed by atoms with van der Waals surface area (Å²) in [6, 6.07) is 15.7. The molecule has 3 aromatic rings. The van der Waals surface area contributed by atoms with E-state index in [1.165, 1.54) is 23.5 Å². The fraction of sp³-hybridized carbons (Fsp3) is 0.308. The van der Waals surface area contributed by atoms with Crippen molar-refractivity contribution in [3.05, 3.63) is 84.2 Å². The summed E-state index contributed by atoms with van der Waals surface area (Å²) in [5.74, 6) is 0.188. The first-order chi connectivity index (χ1) is 17.3. The first-order valence-corrected chi connectivity index (χ1v) is 12.8. The average molecular weight is 514 g/mol. The van der Waals surface area contributed by atoms with Gasteiger partial charge in [0.2, 0.25) is 10.0 Å². The summed E-state index contributed by atoms with van der Waals surface area (Å²) < 4.78 is 39.2. The lowest BCUT2D eigenvalue weighted by atomic mass is 10.0. The molecule has 1 aromatic heterocycles. The highest BCUT2D eigenvalue weighted by atomic mass is 32.2. The summed E-state index contributed by atoms with van der Waals surface area (Å²) in [6.07, 6.45) is 3.17. The van der Waals surface area contributed by atoms with Crippen LogP contribution in [0.25, 0.3) is 0 Å². The van der Waals surface area contributed by atoms with Gasteiger partial charge in [-0.2, -0.15) is 4.31 Å². The smallest absolute Gasteiger partial charge is 0.262 e. The maximum absolute atomic E-state index is 13.8. The number of sulfonamides is 1. The first-order valence-electron chi connectivity index (χ1n) is 11.4.